The zero-order valence-corrected chi connectivity index (χ0v) is 10.2. The zero-order valence-electron chi connectivity index (χ0n) is 10.2. The predicted molar refractivity (Wildman–Crippen MR) is 65.6 cm³/mol. The van der Waals surface area contributed by atoms with Crippen LogP contribution in [-0.2, 0) is 0 Å². The van der Waals surface area contributed by atoms with Gasteiger partial charge >= 0.3 is 6.61 Å². The lowest BCUT2D eigenvalue weighted by molar-refractivity contribution is -0.0498. The van der Waals surface area contributed by atoms with Crippen molar-refractivity contribution in [3.05, 3.63) is 24.3 Å². The van der Waals surface area contributed by atoms with Crippen LogP contribution in [0.5, 0.6) is 5.75 Å². The third-order valence-corrected chi connectivity index (χ3v) is 2.83. The number of nitrogens with one attached hydrogen (secondary N) is 1. The second kappa shape index (κ2) is 7.09. The summed E-state index contributed by atoms with van der Waals surface area (Å²) in [4.78, 5) is 0. The molecule has 0 fully saturated rings. The van der Waals surface area contributed by atoms with Crippen molar-refractivity contribution in [1.82, 2.24) is 0 Å². The molecule has 0 aliphatic carbocycles. The first-order valence-electron chi connectivity index (χ1n) is 5.94. The van der Waals surface area contributed by atoms with Crippen LogP contribution in [0.15, 0.2) is 24.3 Å². The molecular weight excluding hydrogens is 224 g/mol. The summed E-state index contributed by atoms with van der Waals surface area (Å²) in [6, 6.07) is 6.59. The van der Waals surface area contributed by atoms with Crippen molar-refractivity contribution < 1.29 is 13.5 Å². The Bertz CT molecular complexity index is 310. The number of benzene rings is 1. The lowest BCUT2D eigenvalue weighted by Crippen LogP contribution is -2.12. The molecule has 0 atom stereocenters. The quantitative estimate of drug-likeness (QED) is 0.777. The van der Waals surface area contributed by atoms with Gasteiger partial charge in [-0.05, 0) is 30.2 Å². The summed E-state index contributed by atoms with van der Waals surface area (Å²) in [5.41, 5.74) is 0.929. The summed E-state index contributed by atoms with van der Waals surface area (Å²) in [5, 5.41) is 3.28. The molecule has 0 unspecified atom stereocenters. The summed E-state index contributed by atoms with van der Waals surface area (Å²) in [6.07, 6.45) is 2.27. The highest BCUT2D eigenvalue weighted by molar-refractivity contribution is 5.46. The van der Waals surface area contributed by atoms with Gasteiger partial charge in [-0.15, -0.1) is 0 Å². The minimum atomic E-state index is -2.77. The Hall–Kier alpha value is -1.32. The smallest absolute Gasteiger partial charge is 0.387 e. The molecule has 96 valence electrons. The van der Waals surface area contributed by atoms with Gasteiger partial charge in [-0.2, -0.15) is 8.78 Å². The Balaban J connectivity index is 2.45. The van der Waals surface area contributed by atoms with Crippen LogP contribution in [0.1, 0.15) is 26.7 Å². The van der Waals surface area contributed by atoms with Gasteiger partial charge < -0.3 is 10.1 Å². The highest BCUT2D eigenvalue weighted by atomic mass is 19.3. The number of anilines is 1. The van der Waals surface area contributed by atoms with Gasteiger partial charge in [-0.1, -0.05) is 26.7 Å². The molecular formula is C13H19F2NO. The fourth-order valence-corrected chi connectivity index (χ4v) is 1.59. The van der Waals surface area contributed by atoms with Crippen molar-refractivity contribution in [1.29, 1.82) is 0 Å². The topological polar surface area (TPSA) is 21.3 Å². The van der Waals surface area contributed by atoms with Crippen molar-refractivity contribution >= 4 is 5.69 Å². The minimum absolute atomic E-state index is 0.188. The van der Waals surface area contributed by atoms with Crippen LogP contribution in [0.2, 0.25) is 0 Å². The maximum Gasteiger partial charge on any atom is 0.387 e. The summed E-state index contributed by atoms with van der Waals surface area (Å²) in [6.45, 7) is 2.46. The largest absolute Gasteiger partial charge is 0.435 e. The molecule has 0 amide bonds. The number of ether oxygens (including phenoxy) is 1. The van der Waals surface area contributed by atoms with E-state index in [1.54, 1.807) is 24.3 Å². The SMILES string of the molecule is CCC(CC)CNc1ccc(OC(F)F)cc1. The number of hydrogen-bond acceptors (Lipinski definition) is 2. The van der Waals surface area contributed by atoms with E-state index in [0.717, 1.165) is 25.1 Å². The average Bonchev–Trinajstić information content (AvgIpc) is 2.32. The monoisotopic (exact) mass is 243 g/mol. The summed E-state index contributed by atoms with van der Waals surface area (Å²) >= 11 is 0. The van der Waals surface area contributed by atoms with E-state index in [0.29, 0.717) is 5.92 Å². The number of hydrogen-bond donors (Lipinski definition) is 1. The molecule has 17 heavy (non-hydrogen) atoms. The van der Waals surface area contributed by atoms with E-state index < -0.39 is 6.61 Å². The number of rotatable bonds is 7. The summed E-state index contributed by atoms with van der Waals surface area (Å²) < 4.78 is 28.1. The van der Waals surface area contributed by atoms with Gasteiger partial charge in [0.25, 0.3) is 0 Å². The molecule has 2 nitrogen and oxygen atoms in total. The highest BCUT2D eigenvalue weighted by Crippen LogP contribution is 2.18. The van der Waals surface area contributed by atoms with Gasteiger partial charge in [-0.25, -0.2) is 0 Å². The first kappa shape index (κ1) is 13.7. The summed E-state index contributed by atoms with van der Waals surface area (Å²) in [5.74, 6) is 0.833. The van der Waals surface area contributed by atoms with Gasteiger partial charge in [-0.3, -0.25) is 0 Å². The van der Waals surface area contributed by atoms with Gasteiger partial charge in [0.2, 0.25) is 0 Å². The molecule has 0 spiro atoms. The first-order chi connectivity index (χ1) is 8.15. The molecule has 0 bridgehead atoms. The highest BCUT2D eigenvalue weighted by Gasteiger charge is 2.05. The molecule has 0 radical (unpaired) electrons. The lowest BCUT2D eigenvalue weighted by Gasteiger charge is -2.14. The zero-order chi connectivity index (χ0) is 12.7. The van der Waals surface area contributed by atoms with Gasteiger partial charge in [0.05, 0.1) is 0 Å². The van der Waals surface area contributed by atoms with Crippen LogP contribution >= 0.6 is 0 Å². The molecule has 1 rings (SSSR count). The Morgan fingerprint density at radius 2 is 1.71 bits per heavy atom. The maximum absolute atomic E-state index is 11.9. The number of halogens is 2. The molecule has 0 aromatic heterocycles. The second-order valence-corrected chi connectivity index (χ2v) is 3.97. The summed E-state index contributed by atoms with van der Waals surface area (Å²) in [7, 11) is 0. The van der Waals surface area contributed by atoms with Crippen LogP contribution in [0, 0.1) is 5.92 Å². The normalized spacial score (nSPS) is 10.9. The Morgan fingerprint density at radius 3 is 2.18 bits per heavy atom. The fraction of sp³-hybridized carbons (Fsp3) is 0.538. The van der Waals surface area contributed by atoms with E-state index in [1.807, 2.05) is 0 Å². The molecule has 1 aromatic carbocycles. The molecule has 1 N–H and O–H groups in total. The molecule has 1 aromatic rings. The van der Waals surface area contributed by atoms with Crippen LogP contribution in [0.3, 0.4) is 0 Å². The lowest BCUT2D eigenvalue weighted by atomic mass is 10.0. The van der Waals surface area contributed by atoms with E-state index in [2.05, 4.69) is 23.9 Å². The van der Waals surface area contributed by atoms with E-state index in [4.69, 9.17) is 0 Å². The Labute approximate surface area is 101 Å². The standard InChI is InChI=1S/C13H19F2NO/c1-3-10(4-2)9-16-11-5-7-12(8-6-11)17-13(14)15/h5-8,10,13,16H,3-4,9H2,1-2H3. The van der Waals surface area contributed by atoms with Crippen molar-refractivity contribution in [2.75, 3.05) is 11.9 Å². The van der Waals surface area contributed by atoms with E-state index >= 15 is 0 Å². The second-order valence-electron chi connectivity index (χ2n) is 3.97. The van der Waals surface area contributed by atoms with Crippen LogP contribution < -0.4 is 10.1 Å². The molecule has 0 aliphatic heterocycles. The van der Waals surface area contributed by atoms with E-state index in [1.165, 1.54) is 0 Å². The van der Waals surface area contributed by atoms with E-state index in [9.17, 15) is 8.78 Å². The maximum atomic E-state index is 11.9. The van der Waals surface area contributed by atoms with Crippen LogP contribution in [0.4, 0.5) is 14.5 Å². The van der Waals surface area contributed by atoms with Gasteiger partial charge in [0, 0.05) is 12.2 Å². The molecule has 0 saturated carbocycles. The molecule has 0 saturated heterocycles. The van der Waals surface area contributed by atoms with Gasteiger partial charge in [0.15, 0.2) is 0 Å². The van der Waals surface area contributed by atoms with E-state index in [-0.39, 0.29) is 5.75 Å². The molecule has 0 aliphatic rings. The Kier molecular flexibility index (Phi) is 5.73. The molecule has 0 heterocycles. The third-order valence-electron chi connectivity index (χ3n) is 2.83. The number of alkyl halides is 2. The predicted octanol–water partition coefficient (Wildman–Crippen LogP) is 4.14. The van der Waals surface area contributed by atoms with Crippen molar-refractivity contribution in [2.24, 2.45) is 5.92 Å². The van der Waals surface area contributed by atoms with Crippen molar-refractivity contribution in [3.8, 4) is 5.75 Å². The van der Waals surface area contributed by atoms with Crippen LogP contribution in [0.25, 0.3) is 0 Å². The fourth-order valence-electron chi connectivity index (χ4n) is 1.59. The van der Waals surface area contributed by atoms with Crippen molar-refractivity contribution in [3.63, 3.8) is 0 Å². The average molecular weight is 243 g/mol. The first-order valence-corrected chi connectivity index (χ1v) is 5.94. The van der Waals surface area contributed by atoms with Crippen molar-refractivity contribution in [2.45, 2.75) is 33.3 Å². The minimum Gasteiger partial charge on any atom is -0.435 e. The molecule has 4 heteroatoms. The van der Waals surface area contributed by atoms with Gasteiger partial charge in [0.1, 0.15) is 5.75 Å². The Morgan fingerprint density at radius 1 is 1.12 bits per heavy atom. The van der Waals surface area contributed by atoms with Crippen LogP contribution in [-0.4, -0.2) is 13.2 Å². The third kappa shape index (κ3) is 5.02.